The van der Waals surface area contributed by atoms with E-state index in [2.05, 4.69) is 37.5 Å². The lowest BCUT2D eigenvalue weighted by Crippen LogP contribution is -2.36. The largest absolute Gasteiger partial charge is 0.495 e. The van der Waals surface area contributed by atoms with Crippen LogP contribution in [0.3, 0.4) is 0 Å². The highest BCUT2D eigenvalue weighted by Crippen LogP contribution is 2.35. The van der Waals surface area contributed by atoms with E-state index in [4.69, 9.17) is 9.47 Å². The third-order valence-corrected chi connectivity index (χ3v) is 7.96. The first-order valence-corrected chi connectivity index (χ1v) is 14.2. The summed E-state index contributed by atoms with van der Waals surface area (Å²) in [6.45, 7) is 5.09. The van der Waals surface area contributed by atoms with Crippen molar-refractivity contribution in [3.05, 3.63) is 60.8 Å². The van der Waals surface area contributed by atoms with E-state index in [1.54, 1.807) is 37.6 Å². The van der Waals surface area contributed by atoms with Gasteiger partial charge < -0.3 is 35.0 Å². The number of hydrogen-bond donors (Lipinski definition) is 3. The summed E-state index contributed by atoms with van der Waals surface area (Å²) in [5.41, 5.74) is 1.07. The summed E-state index contributed by atoms with van der Waals surface area (Å²) in [5, 5.41) is 17.8. The molecule has 6 rings (SSSR count). The summed E-state index contributed by atoms with van der Waals surface area (Å²) in [7, 11) is 3.78. The topological polar surface area (TPSA) is 108 Å². The first-order chi connectivity index (χ1) is 20.3. The van der Waals surface area contributed by atoms with Gasteiger partial charge in [-0.15, -0.1) is 0 Å². The number of nitrogens with zero attached hydrogens (tertiary/aromatic N) is 5. The molecule has 42 heavy (non-hydrogen) atoms. The zero-order valence-corrected chi connectivity index (χ0v) is 24.1. The molecule has 220 valence electrons. The Labute approximate surface area is 244 Å². The second-order valence-electron chi connectivity index (χ2n) is 11.4. The molecule has 2 aromatic heterocycles. The van der Waals surface area contributed by atoms with E-state index in [0.29, 0.717) is 60.0 Å². The number of ether oxygens (including phenoxy) is 2. The van der Waals surface area contributed by atoms with Crippen LogP contribution in [0.2, 0.25) is 0 Å². The molecule has 2 fully saturated rings. The molecule has 11 heteroatoms. The smallest absolute Gasteiger partial charge is 0.150 e. The second kappa shape index (κ2) is 11.6. The molecule has 0 aliphatic carbocycles. The van der Waals surface area contributed by atoms with Crippen LogP contribution in [0.1, 0.15) is 26.2 Å². The molecule has 2 aliphatic rings. The average molecular weight is 574 g/mol. The lowest BCUT2D eigenvalue weighted by atomic mass is 10.0. The molecule has 0 amide bonds. The fourth-order valence-corrected chi connectivity index (χ4v) is 5.54. The molecule has 0 spiro atoms. The first-order valence-electron chi connectivity index (χ1n) is 14.2. The van der Waals surface area contributed by atoms with Crippen LogP contribution in [0.25, 0.3) is 10.9 Å². The Morgan fingerprint density at radius 3 is 2.55 bits per heavy atom. The van der Waals surface area contributed by atoms with E-state index in [-0.39, 0.29) is 5.69 Å². The third-order valence-electron chi connectivity index (χ3n) is 7.96. The first kappa shape index (κ1) is 27.9. The lowest BCUT2D eigenvalue weighted by molar-refractivity contribution is 0.0839. The highest BCUT2D eigenvalue weighted by Gasteiger charge is 2.32. The number of methoxy groups -OCH3 is 1. The third kappa shape index (κ3) is 6.17. The maximum atomic E-state index is 15.3. The van der Waals surface area contributed by atoms with Gasteiger partial charge in [-0.25, -0.2) is 19.3 Å². The van der Waals surface area contributed by atoms with Crippen molar-refractivity contribution in [2.45, 2.75) is 37.8 Å². The predicted molar refractivity (Wildman–Crippen MR) is 162 cm³/mol. The van der Waals surface area contributed by atoms with E-state index in [1.807, 2.05) is 24.0 Å². The summed E-state index contributed by atoms with van der Waals surface area (Å²) in [5.74, 6) is 2.30. The van der Waals surface area contributed by atoms with Crippen molar-refractivity contribution >= 4 is 33.9 Å². The van der Waals surface area contributed by atoms with Crippen molar-refractivity contribution in [3.8, 4) is 17.2 Å². The van der Waals surface area contributed by atoms with Gasteiger partial charge in [0.15, 0.2) is 0 Å². The Bertz CT molecular complexity index is 1580. The molecular formula is C31H36FN7O3. The van der Waals surface area contributed by atoms with Gasteiger partial charge in [0.2, 0.25) is 0 Å². The number of hydrogen-bond acceptors (Lipinski definition) is 10. The van der Waals surface area contributed by atoms with E-state index < -0.39 is 11.4 Å². The number of fused-ring (bicyclic) bond motifs is 1. The van der Waals surface area contributed by atoms with Crippen LogP contribution in [0.4, 0.5) is 27.4 Å². The minimum absolute atomic E-state index is 0.262. The normalized spacial score (nSPS) is 19.7. The zero-order valence-electron chi connectivity index (χ0n) is 24.1. The summed E-state index contributed by atoms with van der Waals surface area (Å²) in [6.07, 6.45) is 5.84. The number of anilines is 4. The molecule has 1 unspecified atom stereocenters. The SMILES string of the molecule is COc1cc2ncnc(Nc3ccc(Oc4ccnc(N5CCC(C)(O)C5)c4)cc3F)c2cc1NC1CCN(C)CC1. The summed E-state index contributed by atoms with van der Waals surface area (Å²) in [6, 6.07) is 12.3. The molecule has 3 N–H and O–H groups in total. The minimum Gasteiger partial charge on any atom is -0.495 e. The molecule has 0 bridgehead atoms. The summed E-state index contributed by atoms with van der Waals surface area (Å²) < 4.78 is 26.9. The van der Waals surface area contributed by atoms with E-state index >= 15 is 4.39 Å². The number of pyridine rings is 1. The Kier molecular flexibility index (Phi) is 7.70. The van der Waals surface area contributed by atoms with Crippen LogP contribution in [-0.2, 0) is 0 Å². The van der Waals surface area contributed by atoms with Crippen molar-refractivity contribution in [2.75, 3.05) is 55.9 Å². The molecule has 0 radical (unpaired) electrons. The van der Waals surface area contributed by atoms with Crippen LogP contribution >= 0.6 is 0 Å². The van der Waals surface area contributed by atoms with Gasteiger partial charge in [0.25, 0.3) is 0 Å². The van der Waals surface area contributed by atoms with Crippen molar-refractivity contribution in [2.24, 2.45) is 0 Å². The molecule has 4 aromatic rings. The van der Waals surface area contributed by atoms with Gasteiger partial charge in [-0.2, -0.15) is 0 Å². The van der Waals surface area contributed by atoms with Gasteiger partial charge in [-0.3, -0.25) is 0 Å². The Balaban J connectivity index is 1.20. The van der Waals surface area contributed by atoms with E-state index in [0.717, 1.165) is 37.0 Å². The number of nitrogens with one attached hydrogen (secondary N) is 2. The number of aliphatic hydroxyl groups is 1. The number of halogens is 1. The molecule has 2 saturated heterocycles. The van der Waals surface area contributed by atoms with Gasteiger partial charge >= 0.3 is 0 Å². The molecule has 4 heterocycles. The monoisotopic (exact) mass is 573 g/mol. The summed E-state index contributed by atoms with van der Waals surface area (Å²) in [4.78, 5) is 17.6. The number of likely N-dealkylation sites (tertiary alicyclic amines) is 1. The molecule has 2 aromatic carbocycles. The molecule has 10 nitrogen and oxygen atoms in total. The summed E-state index contributed by atoms with van der Waals surface area (Å²) >= 11 is 0. The number of β-amino-alcohol motifs (C(OH)–C–C–N with tert-alkyl or cyclic N) is 1. The fourth-order valence-electron chi connectivity index (χ4n) is 5.54. The van der Waals surface area contributed by atoms with Gasteiger partial charge in [0.1, 0.15) is 41.0 Å². The van der Waals surface area contributed by atoms with Crippen molar-refractivity contribution in [1.29, 1.82) is 0 Å². The Morgan fingerprint density at radius 2 is 1.81 bits per heavy atom. The van der Waals surface area contributed by atoms with Gasteiger partial charge in [-0.1, -0.05) is 0 Å². The number of rotatable bonds is 8. The Hall–Kier alpha value is -4.22. The maximum Gasteiger partial charge on any atom is 0.150 e. The minimum atomic E-state index is -0.740. The highest BCUT2D eigenvalue weighted by molar-refractivity contribution is 5.95. The van der Waals surface area contributed by atoms with Crippen LogP contribution in [0.5, 0.6) is 17.2 Å². The van der Waals surface area contributed by atoms with Crippen LogP contribution < -0.4 is 25.0 Å². The van der Waals surface area contributed by atoms with Crippen LogP contribution in [0, 0.1) is 5.82 Å². The number of aromatic nitrogens is 3. The van der Waals surface area contributed by atoms with Gasteiger partial charge in [-0.05, 0) is 70.6 Å². The zero-order chi connectivity index (χ0) is 29.3. The van der Waals surface area contributed by atoms with Crippen molar-refractivity contribution < 1.29 is 19.0 Å². The maximum absolute atomic E-state index is 15.3. The highest BCUT2D eigenvalue weighted by atomic mass is 19.1. The van der Waals surface area contributed by atoms with Gasteiger partial charge in [0.05, 0.1) is 29.6 Å². The lowest BCUT2D eigenvalue weighted by Gasteiger charge is -2.30. The second-order valence-corrected chi connectivity index (χ2v) is 11.4. The Morgan fingerprint density at radius 1 is 1.00 bits per heavy atom. The van der Waals surface area contributed by atoms with E-state index in [1.165, 1.54) is 12.4 Å². The number of piperidine rings is 1. The quantitative estimate of drug-likeness (QED) is 0.261. The van der Waals surface area contributed by atoms with Crippen molar-refractivity contribution in [1.82, 2.24) is 19.9 Å². The van der Waals surface area contributed by atoms with E-state index in [9.17, 15) is 5.11 Å². The van der Waals surface area contributed by atoms with Crippen LogP contribution in [-0.4, -0.2) is 76.9 Å². The molecule has 1 atom stereocenters. The predicted octanol–water partition coefficient (Wildman–Crippen LogP) is 5.18. The average Bonchev–Trinajstić information content (AvgIpc) is 3.35. The van der Waals surface area contributed by atoms with Crippen LogP contribution in [0.15, 0.2) is 55.0 Å². The van der Waals surface area contributed by atoms with Crippen molar-refractivity contribution in [3.63, 3.8) is 0 Å². The number of benzene rings is 2. The standard InChI is InChI=1S/C31H36FN7O3/c1-31(40)9-13-39(18-31)29-15-22(6-10-33-29)42-21-4-5-25(24(32)14-21)37-30-23-16-27(36-20-7-11-38(2)12-8-20)28(41-3)17-26(23)34-19-35-30/h4-6,10,14-17,19-20,36,40H,7-9,11-13,18H2,1-3H3,(H,34,35,37). The van der Waals surface area contributed by atoms with Gasteiger partial charge in [0, 0.05) is 48.9 Å². The fraction of sp³-hybridized carbons (Fsp3) is 0.387. The molecular weight excluding hydrogens is 537 g/mol. The molecule has 2 aliphatic heterocycles. The molecule has 0 saturated carbocycles.